The molecule has 0 bridgehead atoms. The maximum atomic E-state index is 14.8. The Hall–Kier alpha value is -2.95. The second kappa shape index (κ2) is 16.8. The van der Waals surface area contributed by atoms with Crippen LogP contribution in [0.25, 0.3) is 11.6 Å². The van der Waals surface area contributed by atoms with Crippen molar-refractivity contribution in [1.29, 1.82) is 0 Å². The summed E-state index contributed by atoms with van der Waals surface area (Å²) in [5, 5.41) is 0.519. The molecule has 0 amide bonds. The molecule has 1 aliphatic carbocycles. The van der Waals surface area contributed by atoms with Gasteiger partial charge in [-0.2, -0.15) is 13.2 Å². The molecule has 0 unspecified atom stereocenters. The fraction of sp³-hybridized carbons (Fsp3) is 0.364. The van der Waals surface area contributed by atoms with E-state index in [0.29, 0.717) is 34.8 Å². The van der Waals surface area contributed by atoms with Crippen LogP contribution in [0.4, 0.5) is 22.0 Å². The van der Waals surface area contributed by atoms with Crippen LogP contribution in [0.5, 0.6) is 0 Å². The highest BCUT2D eigenvalue weighted by Gasteiger charge is 2.25. The summed E-state index contributed by atoms with van der Waals surface area (Å²) in [6.07, 6.45) is -2.92. The van der Waals surface area contributed by atoms with Crippen LogP contribution in [-0.4, -0.2) is 6.18 Å². The Labute approximate surface area is 225 Å². The quantitative estimate of drug-likeness (QED) is 0.181. The zero-order valence-corrected chi connectivity index (χ0v) is 24.0. The zero-order valence-electron chi connectivity index (χ0n) is 24.0. The first-order valence-electron chi connectivity index (χ1n) is 13.2. The third-order valence-electron chi connectivity index (χ3n) is 5.55. The van der Waals surface area contributed by atoms with E-state index in [1.54, 1.807) is 0 Å². The summed E-state index contributed by atoms with van der Waals surface area (Å²) >= 11 is 0. The van der Waals surface area contributed by atoms with Gasteiger partial charge in [0.1, 0.15) is 11.6 Å². The van der Waals surface area contributed by atoms with Crippen LogP contribution in [0, 0.1) is 19.1 Å². The molecule has 0 spiro atoms. The van der Waals surface area contributed by atoms with Crippen molar-refractivity contribution in [2.75, 3.05) is 0 Å². The minimum atomic E-state index is -4.40. The molecule has 0 nitrogen and oxygen atoms in total. The van der Waals surface area contributed by atoms with E-state index in [-0.39, 0.29) is 18.5 Å². The molecule has 0 aliphatic heterocycles. The van der Waals surface area contributed by atoms with Crippen molar-refractivity contribution >= 4 is 11.6 Å². The average molecular weight is 534 g/mol. The van der Waals surface area contributed by atoms with Gasteiger partial charge in [0, 0.05) is 5.22 Å². The fourth-order valence-corrected chi connectivity index (χ4v) is 4.17. The van der Waals surface area contributed by atoms with Crippen LogP contribution in [-0.2, 0) is 12.8 Å². The predicted molar refractivity (Wildman–Crippen MR) is 152 cm³/mol. The monoisotopic (exact) mass is 533 g/mol. The highest BCUT2D eigenvalue weighted by atomic mass is 19.4. The minimum absolute atomic E-state index is 0. The van der Waals surface area contributed by atoms with E-state index in [0.717, 1.165) is 29.2 Å². The van der Waals surface area contributed by atoms with Crippen molar-refractivity contribution < 1.29 is 22.0 Å². The van der Waals surface area contributed by atoms with Crippen LogP contribution < -0.4 is 10.4 Å². The van der Waals surface area contributed by atoms with Gasteiger partial charge in [-0.25, -0.2) is 8.78 Å². The fourth-order valence-electron chi connectivity index (χ4n) is 4.17. The van der Waals surface area contributed by atoms with Crippen molar-refractivity contribution in [2.24, 2.45) is 0 Å². The highest BCUT2D eigenvalue weighted by Crippen LogP contribution is 2.31. The average Bonchev–Trinajstić information content (AvgIpc) is 2.91. The summed E-state index contributed by atoms with van der Waals surface area (Å²) < 4.78 is 67.5. The maximum Gasteiger partial charge on any atom is 0.392 e. The molecule has 5 heteroatoms. The van der Waals surface area contributed by atoms with Crippen LogP contribution in [0.1, 0.15) is 89.1 Å². The molecule has 210 valence electrons. The van der Waals surface area contributed by atoms with E-state index in [4.69, 9.17) is 0 Å². The lowest BCUT2D eigenvalue weighted by Gasteiger charge is -2.22. The predicted octanol–water partition coefficient (Wildman–Crippen LogP) is 9.33. The first-order valence-corrected chi connectivity index (χ1v) is 13.2. The number of alkyl halides is 3. The Bertz CT molecular complexity index is 1240. The Morgan fingerprint density at radius 2 is 1.39 bits per heavy atom. The minimum Gasteiger partial charge on any atom is -0.358 e. The van der Waals surface area contributed by atoms with Crippen molar-refractivity contribution in [3.63, 3.8) is 0 Å². The number of halogens is 5. The van der Waals surface area contributed by atoms with E-state index in [1.165, 1.54) is 18.2 Å². The van der Waals surface area contributed by atoms with Gasteiger partial charge in [0.15, 0.2) is 0 Å². The molecule has 0 N–H and O–H groups in total. The standard InChI is InChI=1S/C26H21F5.3C2H6.CH3/c1-2-6-17-11-19-13-20-12-18(9-10-26(29,30)31)24(28)15-22(20)25(21(19)14-23(17)27)16-7-4-3-5-8-16;3*1-2;/h3-5,7-9,11-12,14-15H,2,6,10,13H2,1H3;3*1-2H3;1H3/q;;;;-1/b18-9-;;;;. The molecule has 3 aromatic carbocycles. The Morgan fingerprint density at radius 3 is 1.95 bits per heavy atom. The lowest BCUT2D eigenvalue weighted by atomic mass is 9.82. The molecule has 1 aliphatic rings. The molecule has 0 fully saturated rings. The summed E-state index contributed by atoms with van der Waals surface area (Å²) in [6, 6.07) is 15.4. The Balaban J connectivity index is 0.00000183. The van der Waals surface area contributed by atoms with E-state index >= 15 is 0 Å². The summed E-state index contributed by atoms with van der Waals surface area (Å²) in [4.78, 5) is 0. The van der Waals surface area contributed by atoms with Gasteiger partial charge in [0.2, 0.25) is 0 Å². The summed E-state index contributed by atoms with van der Waals surface area (Å²) in [6.45, 7) is 14.0. The maximum absolute atomic E-state index is 14.8. The van der Waals surface area contributed by atoms with Crippen LogP contribution in [0.15, 0.2) is 54.6 Å². The van der Waals surface area contributed by atoms with Crippen molar-refractivity contribution in [3.05, 3.63) is 112 Å². The van der Waals surface area contributed by atoms with Crippen LogP contribution >= 0.6 is 0 Å². The Morgan fingerprint density at radius 1 is 0.789 bits per heavy atom. The first kappa shape index (κ1) is 35.1. The lowest BCUT2D eigenvalue weighted by molar-refractivity contribution is -0.122. The number of hydrogen-bond donors (Lipinski definition) is 0. The summed E-state index contributed by atoms with van der Waals surface area (Å²) in [5.74, 6) is -1.02. The Kier molecular flexibility index (Phi) is 15.5. The van der Waals surface area contributed by atoms with Crippen molar-refractivity contribution in [3.8, 4) is 0 Å². The largest absolute Gasteiger partial charge is 0.392 e. The normalized spacial score (nSPS) is 11.8. The van der Waals surface area contributed by atoms with Gasteiger partial charge in [-0.05, 0) is 69.6 Å². The van der Waals surface area contributed by atoms with Crippen LogP contribution in [0.3, 0.4) is 0 Å². The van der Waals surface area contributed by atoms with Gasteiger partial charge in [-0.3, -0.25) is 0 Å². The smallest absolute Gasteiger partial charge is 0.358 e. The topological polar surface area (TPSA) is 0 Å². The van der Waals surface area contributed by atoms with E-state index in [2.05, 4.69) is 0 Å². The molecule has 38 heavy (non-hydrogen) atoms. The highest BCUT2D eigenvalue weighted by molar-refractivity contribution is 5.83. The van der Waals surface area contributed by atoms with Gasteiger partial charge in [0.05, 0.1) is 6.42 Å². The van der Waals surface area contributed by atoms with Gasteiger partial charge in [0.25, 0.3) is 0 Å². The summed E-state index contributed by atoms with van der Waals surface area (Å²) in [5.41, 5.74) is 4.43. The van der Waals surface area contributed by atoms with Crippen molar-refractivity contribution in [1.82, 2.24) is 0 Å². The molecule has 0 atom stereocenters. The third-order valence-corrected chi connectivity index (χ3v) is 5.55. The second-order valence-electron chi connectivity index (χ2n) is 7.82. The molecule has 0 radical (unpaired) electrons. The van der Waals surface area contributed by atoms with E-state index in [9.17, 15) is 22.0 Å². The van der Waals surface area contributed by atoms with Gasteiger partial charge >= 0.3 is 6.18 Å². The SMILES string of the molecule is CC.CC.CC.CCCc1cc2c(cc1F)C(c1ccccc1)=c1cc(F)/c(=C\CC(F)(F)F)cc1C2.[CH3-]. The molecule has 0 heterocycles. The zero-order chi connectivity index (χ0) is 28.2. The number of hydrogen-bond acceptors (Lipinski definition) is 0. The summed E-state index contributed by atoms with van der Waals surface area (Å²) in [7, 11) is 0. The second-order valence-corrected chi connectivity index (χ2v) is 7.82. The molecular formula is C33H42F5-. The van der Waals surface area contributed by atoms with Crippen LogP contribution in [0.2, 0.25) is 0 Å². The molecule has 0 saturated heterocycles. The van der Waals surface area contributed by atoms with Gasteiger partial charge < -0.3 is 7.43 Å². The molecule has 0 saturated carbocycles. The number of aryl methyl sites for hydroxylation is 1. The lowest BCUT2D eigenvalue weighted by Crippen LogP contribution is -2.26. The molecular weight excluding hydrogens is 491 g/mol. The number of rotatable bonds is 4. The molecule has 0 aromatic heterocycles. The van der Waals surface area contributed by atoms with Crippen molar-refractivity contribution in [2.45, 2.75) is 80.3 Å². The van der Waals surface area contributed by atoms with E-state index in [1.807, 2.05) is 84.9 Å². The molecule has 3 aromatic rings. The van der Waals surface area contributed by atoms with E-state index < -0.39 is 18.4 Å². The number of benzene rings is 3. The van der Waals surface area contributed by atoms with Gasteiger partial charge in [-0.1, -0.05) is 97.4 Å². The third kappa shape index (κ3) is 8.82. The molecule has 4 rings (SSSR count). The number of fused-ring (bicyclic) bond motifs is 2. The first-order chi connectivity index (χ1) is 17.8. The van der Waals surface area contributed by atoms with Gasteiger partial charge in [-0.15, -0.1) is 0 Å².